The summed E-state index contributed by atoms with van der Waals surface area (Å²) in [5.41, 5.74) is 0. The molecule has 0 aromatic carbocycles. The molecule has 2 amide bonds. The fourth-order valence-corrected chi connectivity index (χ4v) is 5.20. The van der Waals surface area contributed by atoms with Gasteiger partial charge < -0.3 is 75.2 Å². The molecule has 0 aromatic heterocycles. The molecule has 0 aliphatic carbocycles. The molecule has 11 N–H and O–H groups in total. The molecular formula is C22H38N2O19S. The van der Waals surface area contributed by atoms with Crippen LogP contribution in [-0.4, -0.2) is 177 Å². The Hall–Kier alpha value is -1.71. The van der Waals surface area contributed by atoms with E-state index >= 15 is 0 Å². The number of aliphatic hydroxyl groups is 8. The van der Waals surface area contributed by atoms with Gasteiger partial charge in [0.1, 0.15) is 73.1 Å². The number of aliphatic hydroxyl groups excluding tert-OH is 8. The maximum absolute atomic E-state index is 11.8. The van der Waals surface area contributed by atoms with E-state index < -0.39 is 134 Å². The van der Waals surface area contributed by atoms with Crippen LogP contribution in [0.3, 0.4) is 0 Å². The summed E-state index contributed by atoms with van der Waals surface area (Å²) in [6, 6.07) is -2.99. The van der Waals surface area contributed by atoms with Crippen molar-refractivity contribution in [3.05, 3.63) is 0 Å². The normalized spacial score (nSPS) is 43.3. The SMILES string of the molecule is CC(=O)N[C@H]1C(OC[C@H]2OC(O)[C@H](NC(C)=O)[C@@H](OC3O[C@H](CO)[C@H](O)[C@H](O)[C@H]3O)[C@H]2O)O[C@H](COS(=O)(=O)O)[C@@H](O)[C@@H]1O. The first-order valence-corrected chi connectivity index (χ1v) is 14.6. The Labute approximate surface area is 250 Å². The van der Waals surface area contributed by atoms with Gasteiger partial charge in [0, 0.05) is 13.8 Å². The molecule has 21 nitrogen and oxygen atoms in total. The monoisotopic (exact) mass is 666 g/mol. The van der Waals surface area contributed by atoms with Gasteiger partial charge in [0.2, 0.25) is 11.8 Å². The van der Waals surface area contributed by atoms with E-state index in [9.17, 15) is 58.9 Å². The Balaban J connectivity index is 1.80. The second kappa shape index (κ2) is 15.3. The number of carbonyl (C=O) groups is 2. The van der Waals surface area contributed by atoms with E-state index in [-0.39, 0.29) is 0 Å². The van der Waals surface area contributed by atoms with Crippen LogP contribution in [0.5, 0.6) is 0 Å². The fourth-order valence-electron chi connectivity index (χ4n) is 4.90. The summed E-state index contributed by atoms with van der Waals surface area (Å²) >= 11 is 0. The number of hydrogen-bond donors (Lipinski definition) is 11. The number of rotatable bonds is 11. The van der Waals surface area contributed by atoms with E-state index in [0.717, 1.165) is 13.8 Å². The van der Waals surface area contributed by atoms with Crippen molar-refractivity contribution in [1.82, 2.24) is 10.6 Å². The van der Waals surface area contributed by atoms with Crippen molar-refractivity contribution in [3.63, 3.8) is 0 Å². The lowest BCUT2D eigenvalue weighted by Gasteiger charge is -2.47. The van der Waals surface area contributed by atoms with Gasteiger partial charge in [0.25, 0.3) is 0 Å². The molecule has 15 atom stereocenters. The van der Waals surface area contributed by atoms with Crippen LogP contribution in [0.1, 0.15) is 13.8 Å². The minimum atomic E-state index is -4.98. The van der Waals surface area contributed by atoms with E-state index in [1.165, 1.54) is 0 Å². The summed E-state index contributed by atoms with van der Waals surface area (Å²) in [6.07, 6.45) is -22.7. The summed E-state index contributed by atoms with van der Waals surface area (Å²) in [5.74, 6) is -1.41. The van der Waals surface area contributed by atoms with Gasteiger partial charge in [-0.25, -0.2) is 4.18 Å². The van der Waals surface area contributed by atoms with Crippen molar-refractivity contribution in [2.45, 2.75) is 106 Å². The van der Waals surface area contributed by atoms with E-state index in [1.54, 1.807) is 0 Å². The first kappa shape index (κ1) is 36.8. The van der Waals surface area contributed by atoms with Gasteiger partial charge in [-0.05, 0) is 0 Å². The highest BCUT2D eigenvalue weighted by atomic mass is 32.3. The molecule has 3 unspecified atom stereocenters. The average molecular weight is 667 g/mol. The quantitative estimate of drug-likeness (QED) is 0.0912. The summed E-state index contributed by atoms with van der Waals surface area (Å²) in [6.45, 7) is -0.378. The topological polar surface area (TPSA) is 330 Å². The van der Waals surface area contributed by atoms with Crippen molar-refractivity contribution in [1.29, 1.82) is 0 Å². The molecule has 0 spiro atoms. The Morgan fingerprint density at radius 3 is 1.82 bits per heavy atom. The highest BCUT2D eigenvalue weighted by molar-refractivity contribution is 7.80. The molecule has 3 aliphatic heterocycles. The predicted molar refractivity (Wildman–Crippen MR) is 135 cm³/mol. The summed E-state index contributed by atoms with van der Waals surface area (Å²) in [7, 11) is -4.98. The zero-order valence-electron chi connectivity index (χ0n) is 23.3. The van der Waals surface area contributed by atoms with Crippen molar-refractivity contribution in [2.24, 2.45) is 0 Å². The minimum Gasteiger partial charge on any atom is -0.394 e. The smallest absolute Gasteiger partial charge is 0.394 e. The Bertz CT molecular complexity index is 1080. The van der Waals surface area contributed by atoms with E-state index in [4.69, 9.17) is 28.2 Å². The maximum Gasteiger partial charge on any atom is 0.397 e. The summed E-state index contributed by atoms with van der Waals surface area (Å²) < 4.78 is 62.3. The van der Waals surface area contributed by atoms with E-state index in [2.05, 4.69) is 14.8 Å². The number of amides is 2. The van der Waals surface area contributed by atoms with Gasteiger partial charge in [0.05, 0.1) is 19.8 Å². The van der Waals surface area contributed by atoms with E-state index in [0.29, 0.717) is 0 Å². The zero-order valence-corrected chi connectivity index (χ0v) is 24.1. The maximum atomic E-state index is 11.8. The molecule has 0 saturated carbocycles. The molecule has 22 heteroatoms. The van der Waals surface area contributed by atoms with Gasteiger partial charge in [-0.3, -0.25) is 14.1 Å². The lowest BCUT2D eigenvalue weighted by molar-refractivity contribution is -0.345. The second-order valence-electron chi connectivity index (χ2n) is 10.4. The van der Waals surface area contributed by atoms with Crippen LogP contribution in [-0.2, 0) is 47.9 Å². The standard InChI is InChI=1S/C22H38N2O19S/c1-6(26)23-11-16(31)14(29)10(5-39-44(35,36)37)42-21(11)38-4-9-15(30)19(12(20(34)40-9)24-7(2)27)43-22-18(33)17(32)13(28)8(3-25)41-22/h8-22,25,28-34H,3-5H2,1-2H3,(H,23,26)(H,24,27)(H,35,36,37)/t8-,9-,10-,11-,12-,13+,14-,15+,16-,17+,18-,19-,20?,21?,22?/m1/s1. The molecule has 0 aromatic rings. The molecule has 3 fully saturated rings. The first-order valence-electron chi connectivity index (χ1n) is 13.2. The molecule has 3 rings (SSSR count). The first-order chi connectivity index (χ1) is 20.4. The Kier molecular flexibility index (Phi) is 12.7. The molecule has 256 valence electrons. The number of hydrogen-bond acceptors (Lipinski definition) is 18. The third kappa shape index (κ3) is 8.97. The van der Waals surface area contributed by atoms with Gasteiger partial charge in [-0.2, -0.15) is 8.42 Å². The fraction of sp³-hybridized carbons (Fsp3) is 0.909. The van der Waals surface area contributed by atoms with Crippen molar-refractivity contribution in [2.75, 3.05) is 19.8 Å². The highest BCUT2D eigenvalue weighted by Crippen LogP contribution is 2.30. The van der Waals surface area contributed by atoms with Crippen molar-refractivity contribution >= 4 is 22.2 Å². The number of nitrogens with one attached hydrogen (secondary N) is 2. The van der Waals surface area contributed by atoms with Gasteiger partial charge in [-0.15, -0.1) is 0 Å². The van der Waals surface area contributed by atoms with Crippen LogP contribution in [0.2, 0.25) is 0 Å². The van der Waals surface area contributed by atoms with Crippen LogP contribution in [0, 0.1) is 0 Å². The predicted octanol–water partition coefficient (Wildman–Crippen LogP) is -7.46. The van der Waals surface area contributed by atoms with Gasteiger partial charge >= 0.3 is 10.4 Å². The van der Waals surface area contributed by atoms with Crippen LogP contribution < -0.4 is 10.6 Å². The third-order valence-electron chi connectivity index (χ3n) is 7.08. The van der Waals surface area contributed by atoms with Crippen molar-refractivity contribution in [3.8, 4) is 0 Å². The largest absolute Gasteiger partial charge is 0.397 e. The van der Waals surface area contributed by atoms with Gasteiger partial charge in [-0.1, -0.05) is 0 Å². The van der Waals surface area contributed by atoms with Crippen LogP contribution >= 0.6 is 0 Å². The molecule has 3 heterocycles. The lowest BCUT2D eigenvalue weighted by atomic mass is 9.95. The molecule has 0 radical (unpaired) electrons. The molecule has 3 saturated heterocycles. The lowest BCUT2D eigenvalue weighted by Crippen LogP contribution is -2.68. The molecular weight excluding hydrogens is 628 g/mol. The summed E-state index contributed by atoms with van der Waals surface area (Å²) in [4.78, 5) is 23.6. The van der Waals surface area contributed by atoms with Crippen molar-refractivity contribution < 1.29 is 91.3 Å². The van der Waals surface area contributed by atoms with E-state index in [1.807, 2.05) is 0 Å². The zero-order chi connectivity index (χ0) is 33.1. The van der Waals surface area contributed by atoms with Crippen LogP contribution in [0.4, 0.5) is 0 Å². The third-order valence-corrected chi connectivity index (χ3v) is 7.51. The number of carbonyl (C=O) groups excluding carboxylic acids is 2. The average Bonchev–Trinajstić information content (AvgIpc) is 2.93. The Morgan fingerprint density at radius 2 is 1.25 bits per heavy atom. The van der Waals surface area contributed by atoms with Gasteiger partial charge in [0.15, 0.2) is 18.9 Å². The molecule has 3 aliphatic rings. The molecule has 44 heavy (non-hydrogen) atoms. The summed E-state index contributed by atoms with van der Waals surface area (Å²) in [5, 5.41) is 87.3. The Morgan fingerprint density at radius 1 is 0.705 bits per heavy atom. The minimum absolute atomic E-state index is 0.707. The number of ether oxygens (including phenoxy) is 5. The van der Waals surface area contributed by atoms with Crippen LogP contribution in [0.15, 0.2) is 0 Å². The highest BCUT2D eigenvalue weighted by Gasteiger charge is 2.52. The molecule has 0 bridgehead atoms. The second-order valence-corrected chi connectivity index (χ2v) is 11.5. The van der Waals surface area contributed by atoms with Crippen LogP contribution in [0.25, 0.3) is 0 Å².